The molecular weight excluding hydrogens is 296 g/mol. The molecule has 18 heavy (non-hydrogen) atoms. The van der Waals surface area contributed by atoms with Crippen molar-refractivity contribution in [2.75, 3.05) is 7.11 Å². The SMILES string of the molecule is COc1ccc(Oc2cnc(C)c(C)n2)c(Br)c1. The summed E-state index contributed by atoms with van der Waals surface area (Å²) in [6, 6.07) is 5.48. The maximum Gasteiger partial charge on any atom is 0.238 e. The van der Waals surface area contributed by atoms with Gasteiger partial charge in [-0.25, -0.2) is 4.98 Å². The van der Waals surface area contributed by atoms with Crippen LogP contribution in [-0.2, 0) is 0 Å². The van der Waals surface area contributed by atoms with E-state index in [0.717, 1.165) is 21.6 Å². The van der Waals surface area contributed by atoms with Crippen molar-refractivity contribution in [1.29, 1.82) is 0 Å². The average Bonchev–Trinajstić information content (AvgIpc) is 2.36. The van der Waals surface area contributed by atoms with Gasteiger partial charge in [0.05, 0.1) is 29.2 Å². The zero-order chi connectivity index (χ0) is 13.1. The zero-order valence-electron chi connectivity index (χ0n) is 10.4. The summed E-state index contributed by atoms with van der Waals surface area (Å²) in [4.78, 5) is 8.53. The van der Waals surface area contributed by atoms with Crippen molar-refractivity contribution < 1.29 is 9.47 Å². The van der Waals surface area contributed by atoms with Crippen molar-refractivity contribution in [2.24, 2.45) is 0 Å². The van der Waals surface area contributed by atoms with Crippen LogP contribution in [0, 0.1) is 13.8 Å². The van der Waals surface area contributed by atoms with Crippen LogP contribution in [0.4, 0.5) is 0 Å². The number of benzene rings is 1. The van der Waals surface area contributed by atoms with E-state index in [-0.39, 0.29) is 0 Å². The Balaban J connectivity index is 2.25. The van der Waals surface area contributed by atoms with E-state index >= 15 is 0 Å². The van der Waals surface area contributed by atoms with E-state index in [2.05, 4.69) is 25.9 Å². The van der Waals surface area contributed by atoms with Gasteiger partial charge in [0.25, 0.3) is 0 Å². The highest BCUT2D eigenvalue weighted by Gasteiger charge is 2.06. The zero-order valence-corrected chi connectivity index (χ0v) is 12.0. The third-order valence-electron chi connectivity index (χ3n) is 2.52. The highest BCUT2D eigenvalue weighted by Crippen LogP contribution is 2.31. The monoisotopic (exact) mass is 308 g/mol. The number of hydrogen-bond acceptors (Lipinski definition) is 4. The minimum Gasteiger partial charge on any atom is -0.497 e. The third kappa shape index (κ3) is 2.79. The molecule has 2 aromatic rings. The quantitative estimate of drug-likeness (QED) is 0.868. The predicted octanol–water partition coefficient (Wildman–Crippen LogP) is 3.66. The fraction of sp³-hybridized carbons (Fsp3) is 0.231. The number of methoxy groups -OCH3 is 1. The van der Waals surface area contributed by atoms with Gasteiger partial charge in [-0.3, -0.25) is 4.98 Å². The summed E-state index contributed by atoms with van der Waals surface area (Å²) >= 11 is 3.43. The van der Waals surface area contributed by atoms with Crippen LogP contribution >= 0.6 is 15.9 Å². The van der Waals surface area contributed by atoms with Gasteiger partial charge in [0.2, 0.25) is 5.88 Å². The molecule has 0 radical (unpaired) electrons. The van der Waals surface area contributed by atoms with Crippen LogP contribution in [0.25, 0.3) is 0 Å². The van der Waals surface area contributed by atoms with Crippen LogP contribution in [0.1, 0.15) is 11.4 Å². The van der Waals surface area contributed by atoms with Crippen LogP contribution in [0.2, 0.25) is 0 Å². The van der Waals surface area contributed by atoms with Crippen LogP contribution in [0.3, 0.4) is 0 Å². The van der Waals surface area contributed by atoms with Gasteiger partial charge in [-0.2, -0.15) is 0 Å². The summed E-state index contributed by atoms with van der Waals surface area (Å²) in [6.07, 6.45) is 1.61. The third-order valence-corrected chi connectivity index (χ3v) is 3.14. The molecule has 0 bridgehead atoms. The lowest BCUT2D eigenvalue weighted by Gasteiger charge is -2.09. The van der Waals surface area contributed by atoms with Crippen LogP contribution in [0.15, 0.2) is 28.9 Å². The molecule has 0 saturated carbocycles. The summed E-state index contributed by atoms with van der Waals surface area (Å²) in [6.45, 7) is 3.81. The highest BCUT2D eigenvalue weighted by molar-refractivity contribution is 9.10. The molecule has 0 aliphatic rings. The first kappa shape index (κ1) is 12.8. The molecule has 5 heteroatoms. The Hall–Kier alpha value is -1.62. The molecule has 1 aromatic heterocycles. The summed E-state index contributed by atoms with van der Waals surface area (Å²) < 4.78 is 11.6. The number of nitrogens with zero attached hydrogens (tertiary/aromatic N) is 2. The van der Waals surface area contributed by atoms with Crippen molar-refractivity contribution in [1.82, 2.24) is 9.97 Å². The van der Waals surface area contributed by atoms with Crippen LogP contribution in [-0.4, -0.2) is 17.1 Å². The average molecular weight is 309 g/mol. The molecule has 2 rings (SSSR count). The lowest BCUT2D eigenvalue weighted by molar-refractivity contribution is 0.411. The number of aromatic nitrogens is 2. The number of aryl methyl sites for hydroxylation is 2. The first-order valence-corrected chi connectivity index (χ1v) is 6.21. The Morgan fingerprint density at radius 1 is 1.17 bits per heavy atom. The van der Waals surface area contributed by atoms with E-state index in [4.69, 9.17) is 9.47 Å². The Labute approximate surface area is 114 Å². The van der Waals surface area contributed by atoms with E-state index < -0.39 is 0 Å². The Bertz CT molecular complexity index is 573. The molecule has 0 N–H and O–H groups in total. The Morgan fingerprint density at radius 3 is 2.56 bits per heavy atom. The van der Waals surface area contributed by atoms with Gasteiger partial charge in [-0.1, -0.05) is 0 Å². The molecule has 0 fully saturated rings. The van der Waals surface area contributed by atoms with Gasteiger partial charge in [-0.05, 0) is 48.0 Å². The second-order valence-corrected chi connectivity index (χ2v) is 4.63. The maximum atomic E-state index is 5.67. The maximum absolute atomic E-state index is 5.67. The van der Waals surface area contributed by atoms with Crippen molar-refractivity contribution in [3.8, 4) is 17.4 Å². The molecule has 4 nitrogen and oxygen atoms in total. The minimum absolute atomic E-state index is 0.476. The molecule has 0 unspecified atom stereocenters. The molecular formula is C13H13BrN2O2. The molecule has 0 amide bonds. The lowest BCUT2D eigenvalue weighted by atomic mass is 10.3. The summed E-state index contributed by atoms with van der Waals surface area (Å²) in [5.41, 5.74) is 1.76. The molecule has 1 heterocycles. The highest BCUT2D eigenvalue weighted by atomic mass is 79.9. The van der Waals surface area contributed by atoms with Crippen molar-refractivity contribution >= 4 is 15.9 Å². The number of hydrogen-bond donors (Lipinski definition) is 0. The largest absolute Gasteiger partial charge is 0.497 e. The Kier molecular flexibility index (Phi) is 3.81. The topological polar surface area (TPSA) is 44.2 Å². The number of ether oxygens (including phenoxy) is 2. The molecule has 0 aliphatic heterocycles. The lowest BCUT2D eigenvalue weighted by Crippen LogP contribution is -1.95. The van der Waals surface area contributed by atoms with Gasteiger partial charge in [-0.15, -0.1) is 0 Å². The molecule has 0 saturated heterocycles. The second kappa shape index (κ2) is 5.35. The van der Waals surface area contributed by atoms with E-state index in [1.165, 1.54) is 0 Å². The summed E-state index contributed by atoms with van der Waals surface area (Å²) in [7, 11) is 1.62. The summed E-state index contributed by atoms with van der Waals surface area (Å²) in [5, 5.41) is 0. The van der Waals surface area contributed by atoms with Crippen LogP contribution < -0.4 is 9.47 Å². The van der Waals surface area contributed by atoms with E-state index in [9.17, 15) is 0 Å². The first-order valence-electron chi connectivity index (χ1n) is 5.42. The molecule has 1 aromatic carbocycles. The minimum atomic E-state index is 0.476. The fourth-order valence-electron chi connectivity index (χ4n) is 1.37. The molecule has 94 valence electrons. The van der Waals surface area contributed by atoms with Crippen LogP contribution in [0.5, 0.6) is 17.4 Å². The van der Waals surface area contributed by atoms with Crippen molar-refractivity contribution in [2.45, 2.75) is 13.8 Å². The summed E-state index contributed by atoms with van der Waals surface area (Å²) in [5.74, 6) is 1.91. The van der Waals surface area contributed by atoms with E-state index in [0.29, 0.717) is 11.6 Å². The normalized spacial score (nSPS) is 10.2. The van der Waals surface area contributed by atoms with E-state index in [1.54, 1.807) is 13.3 Å². The molecule has 0 aliphatic carbocycles. The van der Waals surface area contributed by atoms with Crippen molar-refractivity contribution in [3.63, 3.8) is 0 Å². The Morgan fingerprint density at radius 2 is 1.94 bits per heavy atom. The first-order chi connectivity index (χ1) is 8.60. The standard InChI is InChI=1S/C13H13BrN2O2/c1-8-9(2)16-13(7-15-8)18-12-5-4-10(17-3)6-11(12)14/h4-7H,1-3H3. The molecule has 0 atom stereocenters. The van der Waals surface area contributed by atoms with Gasteiger partial charge in [0, 0.05) is 0 Å². The van der Waals surface area contributed by atoms with Gasteiger partial charge in [0.15, 0.2) is 0 Å². The number of rotatable bonds is 3. The van der Waals surface area contributed by atoms with Gasteiger partial charge < -0.3 is 9.47 Å². The smallest absolute Gasteiger partial charge is 0.238 e. The fourth-order valence-corrected chi connectivity index (χ4v) is 1.81. The van der Waals surface area contributed by atoms with Gasteiger partial charge in [0.1, 0.15) is 11.5 Å². The number of halogens is 1. The van der Waals surface area contributed by atoms with Gasteiger partial charge >= 0.3 is 0 Å². The van der Waals surface area contributed by atoms with Crippen molar-refractivity contribution in [3.05, 3.63) is 40.3 Å². The predicted molar refractivity (Wildman–Crippen MR) is 72.3 cm³/mol. The second-order valence-electron chi connectivity index (χ2n) is 3.78. The molecule has 0 spiro atoms. The van der Waals surface area contributed by atoms with E-state index in [1.807, 2.05) is 32.0 Å².